The van der Waals surface area contributed by atoms with Gasteiger partial charge in [-0.1, -0.05) is 60.2 Å². The minimum Gasteiger partial charge on any atom is -0.393 e. The average Bonchev–Trinajstić information content (AvgIpc) is 2.49. The van der Waals surface area contributed by atoms with E-state index in [1.165, 1.54) is 5.56 Å². The Morgan fingerprint density at radius 2 is 1.65 bits per heavy atom. The summed E-state index contributed by atoms with van der Waals surface area (Å²) in [5, 5.41) is 9.43. The molecule has 3 heteroatoms. The summed E-state index contributed by atoms with van der Waals surface area (Å²) in [7, 11) is 0. The quantitative estimate of drug-likeness (QED) is 0.792. The molecule has 2 atom stereocenters. The molecule has 106 valence electrons. The van der Waals surface area contributed by atoms with Crippen molar-refractivity contribution in [1.82, 2.24) is 5.48 Å². The lowest BCUT2D eigenvalue weighted by Crippen LogP contribution is -2.24. The van der Waals surface area contributed by atoms with Crippen LogP contribution in [-0.4, -0.2) is 11.7 Å². The number of aryl methyl sites for hydroxylation is 1. The van der Waals surface area contributed by atoms with E-state index >= 15 is 0 Å². The zero-order valence-electron chi connectivity index (χ0n) is 11.9. The predicted octanol–water partition coefficient (Wildman–Crippen LogP) is 3.31. The molecule has 2 aromatic rings. The summed E-state index contributed by atoms with van der Waals surface area (Å²) in [6.45, 7) is 4.04. The molecule has 0 saturated heterocycles. The fraction of sp³-hybridized carbons (Fsp3) is 0.294. The minimum atomic E-state index is -0.357. The SMILES string of the molecule is Cc1ccc([C@H](C)NO[C@H](CO)c2ccccc2)cc1. The van der Waals surface area contributed by atoms with Gasteiger partial charge in [0, 0.05) is 0 Å². The van der Waals surface area contributed by atoms with Crippen LogP contribution in [0.5, 0.6) is 0 Å². The van der Waals surface area contributed by atoms with Crippen LogP contribution >= 0.6 is 0 Å². The van der Waals surface area contributed by atoms with Gasteiger partial charge in [0.15, 0.2) is 0 Å². The van der Waals surface area contributed by atoms with Crippen molar-refractivity contribution in [1.29, 1.82) is 0 Å². The van der Waals surface area contributed by atoms with Gasteiger partial charge in [-0.15, -0.1) is 0 Å². The number of benzene rings is 2. The first kappa shape index (κ1) is 14.7. The van der Waals surface area contributed by atoms with Gasteiger partial charge in [-0.25, -0.2) is 0 Å². The first-order valence-corrected chi connectivity index (χ1v) is 6.84. The first-order valence-electron chi connectivity index (χ1n) is 6.84. The maximum absolute atomic E-state index is 9.43. The van der Waals surface area contributed by atoms with Crippen molar-refractivity contribution in [2.45, 2.75) is 26.0 Å². The van der Waals surface area contributed by atoms with Gasteiger partial charge in [-0.05, 0) is 25.0 Å². The van der Waals surface area contributed by atoms with Crippen molar-refractivity contribution >= 4 is 0 Å². The van der Waals surface area contributed by atoms with Gasteiger partial charge in [-0.2, -0.15) is 5.48 Å². The molecule has 0 heterocycles. The second-order valence-corrected chi connectivity index (χ2v) is 4.95. The molecule has 2 N–H and O–H groups in total. The molecule has 0 aliphatic heterocycles. The molecule has 2 aromatic carbocycles. The third-order valence-corrected chi connectivity index (χ3v) is 3.30. The van der Waals surface area contributed by atoms with Gasteiger partial charge in [-0.3, -0.25) is 4.84 Å². The van der Waals surface area contributed by atoms with Crippen LogP contribution in [0.15, 0.2) is 54.6 Å². The third kappa shape index (κ3) is 3.90. The molecule has 2 rings (SSSR count). The van der Waals surface area contributed by atoms with Gasteiger partial charge in [0.2, 0.25) is 0 Å². The van der Waals surface area contributed by atoms with Crippen molar-refractivity contribution in [3.63, 3.8) is 0 Å². The highest BCUT2D eigenvalue weighted by Gasteiger charge is 2.13. The van der Waals surface area contributed by atoms with Crippen LogP contribution in [0.1, 0.15) is 35.8 Å². The molecular formula is C17H21NO2. The number of nitrogens with one attached hydrogen (secondary N) is 1. The van der Waals surface area contributed by atoms with Crippen LogP contribution in [-0.2, 0) is 4.84 Å². The van der Waals surface area contributed by atoms with Crippen LogP contribution in [0.3, 0.4) is 0 Å². The highest BCUT2D eigenvalue weighted by molar-refractivity contribution is 5.23. The molecule has 0 amide bonds. The predicted molar refractivity (Wildman–Crippen MR) is 80.1 cm³/mol. The molecular weight excluding hydrogens is 250 g/mol. The Morgan fingerprint density at radius 3 is 2.25 bits per heavy atom. The lowest BCUT2D eigenvalue weighted by atomic mass is 10.1. The van der Waals surface area contributed by atoms with E-state index < -0.39 is 0 Å². The van der Waals surface area contributed by atoms with E-state index in [1.807, 2.05) is 37.3 Å². The lowest BCUT2D eigenvalue weighted by molar-refractivity contribution is -0.0668. The van der Waals surface area contributed by atoms with E-state index in [0.29, 0.717) is 0 Å². The van der Waals surface area contributed by atoms with Gasteiger partial charge in [0.1, 0.15) is 6.10 Å². The standard InChI is InChI=1S/C17H21NO2/c1-13-8-10-15(11-9-13)14(2)18-20-17(12-19)16-6-4-3-5-7-16/h3-11,14,17-19H,12H2,1-2H3/t14-,17+/m0/s1. The van der Waals surface area contributed by atoms with Crippen LogP contribution < -0.4 is 5.48 Å². The maximum atomic E-state index is 9.43. The molecule has 0 aliphatic rings. The summed E-state index contributed by atoms with van der Waals surface area (Å²) in [4.78, 5) is 5.62. The molecule has 0 unspecified atom stereocenters. The van der Waals surface area contributed by atoms with Gasteiger partial charge in [0.05, 0.1) is 12.6 Å². The maximum Gasteiger partial charge on any atom is 0.127 e. The van der Waals surface area contributed by atoms with Crippen LogP contribution in [0, 0.1) is 6.92 Å². The van der Waals surface area contributed by atoms with E-state index in [2.05, 4.69) is 36.7 Å². The fourth-order valence-electron chi connectivity index (χ4n) is 1.99. The minimum absolute atomic E-state index is 0.0579. The fourth-order valence-corrected chi connectivity index (χ4v) is 1.99. The summed E-state index contributed by atoms with van der Waals surface area (Å²) in [5.74, 6) is 0. The Balaban J connectivity index is 1.94. The Hall–Kier alpha value is -1.68. The van der Waals surface area contributed by atoms with Gasteiger partial charge in [0.25, 0.3) is 0 Å². The highest BCUT2D eigenvalue weighted by Crippen LogP contribution is 2.18. The second-order valence-electron chi connectivity index (χ2n) is 4.95. The number of aliphatic hydroxyl groups is 1. The molecule has 0 spiro atoms. The Morgan fingerprint density at radius 1 is 1.00 bits per heavy atom. The topological polar surface area (TPSA) is 41.5 Å². The Labute approximate surface area is 120 Å². The Kier molecular flexibility index (Phi) is 5.30. The number of hydrogen-bond acceptors (Lipinski definition) is 3. The molecule has 0 fully saturated rings. The van der Waals surface area contributed by atoms with Crippen LogP contribution in [0.25, 0.3) is 0 Å². The van der Waals surface area contributed by atoms with E-state index in [1.54, 1.807) is 0 Å². The van der Waals surface area contributed by atoms with Crippen molar-refractivity contribution in [2.75, 3.05) is 6.61 Å². The van der Waals surface area contributed by atoms with Crippen molar-refractivity contribution in [2.24, 2.45) is 0 Å². The van der Waals surface area contributed by atoms with Gasteiger partial charge >= 0.3 is 0 Å². The average molecular weight is 271 g/mol. The first-order chi connectivity index (χ1) is 9.70. The summed E-state index contributed by atoms with van der Waals surface area (Å²) in [5.41, 5.74) is 6.35. The smallest absolute Gasteiger partial charge is 0.127 e. The highest BCUT2D eigenvalue weighted by atomic mass is 16.7. The summed E-state index contributed by atoms with van der Waals surface area (Å²) in [6, 6.07) is 18.1. The molecule has 3 nitrogen and oxygen atoms in total. The summed E-state index contributed by atoms with van der Waals surface area (Å²) < 4.78 is 0. The zero-order chi connectivity index (χ0) is 14.4. The van der Waals surface area contributed by atoms with Crippen LogP contribution in [0.2, 0.25) is 0 Å². The zero-order valence-corrected chi connectivity index (χ0v) is 11.9. The van der Waals surface area contributed by atoms with Crippen molar-refractivity contribution in [3.05, 3.63) is 71.3 Å². The normalized spacial score (nSPS) is 13.9. The molecule has 0 aromatic heterocycles. The van der Waals surface area contributed by atoms with Crippen molar-refractivity contribution < 1.29 is 9.94 Å². The number of hydroxylamine groups is 1. The molecule has 20 heavy (non-hydrogen) atoms. The summed E-state index contributed by atoms with van der Waals surface area (Å²) >= 11 is 0. The van der Waals surface area contributed by atoms with E-state index in [-0.39, 0.29) is 18.8 Å². The molecule has 0 bridgehead atoms. The Bertz CT molecular complexity index is 510. The molecule has 0 saturated carbocycles. The van der Waals surface area contributed by atoms with Gasteiger partial charge < -0.3 is 5.11 Å². The summed E-state index contributed by atoms with van der Waals surface area (Å²) in [6.07, 6.45) is -0.357. The number of rotatable bonds is 6. The van der Waals surface area contributed by atoms with E-state index in [9.17, 15) is 5.11 Å². The number of aliphatic hydroxyl groups excluding tert-OH is 1. The molecule has 0 radical (unpaired) electrons. The van der Waals surface area contributed by atoms with E-state index in [0.717, 1.165) is 11.1 Å². The van der Waals surface area contributed by atoms with Crippen LogP contribution in [0.4, 0.5) is 0 Å². The van der Waals surface area contributed by atoms with Crippen molar-refractivity contribution in [3.8, 4) is 0 Å². The second kappa shape index (κ2) is 7.20. The number of hydrogen-bond donors (Lipinski definition) is 2. The molecule has 0 aliphatic carbocycles. The van der Waals surface area contributed by atoms with E-state index in [4.69, 9.17) is 4.84 Å². The monoisotopic (exact) mass is 271 g/mol. The lowest BCUT2D eigenvalue weighted by Gasteiger charge is -2.20. The third-order valence-electron chi connectivity index (χ3n) is 3.30. The largest absolute Gasteiger partial charge is 0.393 e.